The van der Waals surface area contributed by atoms with Gasteiger partial charge >= 0.3 is 18.3 Å². The van der Waals surface area contributed by atoms with Gasteiger partial charge in [0.25, 0.3) is 0 Å². The zero-order valence-corrected chi connectivity index (χ0v) is 7.72. The highest BCUT2D eigenvalue weighted by molar-refractivity contribution is 6.08. The Hall–Kier alpha value is -1.61. The van der Waals surface area contributed by atoms with Crippen LogP contribution < -0.4 is 0 Å². The SMILES string of the molecule is O=C(O)CC(C(=O)C(F)(F)F)C(=O)C(F)(F)F. The van der Waals surface area contributed by atoms with Crippen LogP contribution in [0, 0.1) is 5.92 Å². The van der Waals surface area contributed by atoms with Gasteiger partial charge in [-0.25, -0.2) is 0 Å². The lowest BCUT2D eigenvalue weighted by Gasteiger charge is -2.15. The molecule has 10 heteroatoms. The summed E-state index contributed by atoms with van der Waals surface area (Å²) in [7, 11) is 0. The summed E-state index contributed by atoms with van der Waals surface area (Å²) in [6.07, 6.45) is -13.3. The van der Waals surface area contributed by atoms with Crippen LogP contribution in [0.4, 0.5) is 26.3 Å². The number of hydrogen-bond acceptors (Lipinski definition) is 3. The molecule has 0 aliphatic rings. The molecule has 0 radical (unpaired) electrons. The number of hydrogen-bond donors (Lipinski definition) is 1. The van der Waals surface area contributed by atoms with Gasteiger partial charge in [-0.2, -0.15) is 26.3 Å². The minimum absolute atomic E-state index is 1.86. The van der Waals surface area contributed by atoms with E-state index >= 15 is 0 Å². The van der Waals surface area contributed by atoms with Crippen molar-refractivity contribution in [3.63, 3.8) is 0 Å². The summed E-state index contributed by atoms with van der Waals surface area (Å²) in [5.74, 6) is -11.5. The quantitative estimate of drug-likeness (QED) is 0.615. The highest BCUT2D eigenvalue weighted by Crippen LogP contribution is 2.29. The minimum atomic E-state index is -5.71. The normalized spacial score (nSPS) is 12.6. The molecule has 0 aliphatic heterocycles. The Kier molecular flexibility index (Phi) is 4.27. The molecular formula is C7H4F6O4. The first kappa shape index (κ1) is 15.4. The second-order valence-electron chi connectivity index (χ2n) is 2.87. The van der Waals surface area contributed by atoms with E-state index in [0.717, 1.165) is 0 Å². The van der Waals surface area contributed by atoms with Crippen molar-refractivity contribution < 1.29 is 45.8 Å². The van der Waals surface area contributed by atoms with Crippen molar-refractivity contribution in [2.75, 3.05) is 0 Å². The van der Waals surface area contributed by atoms with Crippen LogP contribution in [0.2, 0.25) is 0 Å². The molecule has 17 heavy (non-hydrogen) atoms. The molecule has 0 atom stereocenters. The molecule has 1 N–H and O–H groups in total. The summed E-state index contributed by atoms with van der Waals surface area (Å²) in [5.41, 5.74) is 0. The first-order valence-electron chi connectivity index (χ1n) is 3.81. The molecule has 0 aromatic rings. The van der Waals surface area contributed by atoms with Crippen molar-refractivity contribution in [1.29, 1.82) is 0 Å². The molecule has 0 amide bonds. The van der Waals surface area contributed by atoms with Crippen molar-refractivity contribution in [2.24, 2.45) is 5.92 Å². The Balaban J connectivity index is 5.23. The summed E-state index contributed by atoms with van der Waals surface area (Å²) >= 11 is 0. The van der Waals surface area contributed by atoms with Crippen molar-refractivity contribution in [1.82, 2.24) is 0 Å². The van der Waals surface area contributed by atoms with E-state index in [4.69, 9.17) is 5.11 Å². The second kappa shape index (κ2) is 4.72. The van der Waals surface area contributed by atoms with Crippen LogP contribution in [0.5, 0.6) is 0 Å². The van der Waals surface area contributed by atoms with Crippen molar-refractivity contribution >= 4 is 17.5 Å². The predicted octanol–water partition coefficient (Wildman–Crippen LogP) is 1.34. The molecule has 0 unspecified atom stereocenters. The molecule has 0 bridgehead atoms. The lowest BCUT2D eigenvalue weighted by molar-refractivity contribution is -0.190. The number of alkyl halides is 6. The van der Waals surface area contributed by atoms with Crippen LogP contribution in [0.25, 0.3) is 0 Å². The molecule has 0 rings (SSSR count). The number of ketones is 2. The number of carboxylic acid groups (broad SMARTS) is 1. The Morgan fingerprint density at radius 3 is 1.35 bits per heavy atom. The Morgan fingerprint density at radius 2 is 1.18 bits per heavy atom. The number of carbonyl (C=O) groups is 3. The van der Waals surface area contributed by atoms with E-state index in [1.807, 2.05) is 0 Å². The maximum absolute atomic E-state index is 11.8. The molecule has 0 aliphatic carbocycles. The summed E-state index contributed by atoms with van der Waals surface area (Å²) < 4.78 is 71.0. The number of aliphatic carboxylic acids is 1. The highest BCUT2D eigenvalue weighted by Gasteiger charge is 2.53. The van der Waals surface area contributed by atoms with Gasteiger partial charge in [0.1, 0.15) is 5.92 Å². The van der Waals surface area contributed by atoms with Crippen LogP contribution in [-0.2, 0) is 14.4 Å². The third kappa shape index (κ3) is 4.41. The Bertz CT molecular complexity index is 315. The molecule has 0 saturated heterocycles. The molecule has 0 aromatic carbocycles. The molecule has 0 fully saturated rings. The van der Waals surface area contributed by atoms with E-state index in [1.54, 1.807) is 0 Å². The molecule has 0 aromatic heterocycles. The number of carbonyl (C=O) groups excluding carboxylic acids is 2. The van der Waals surface area contributed by atoms with Gasteiger partial charge in [-0.05, 0) is 0 Å². The molecule has 0 spiro atoms. The van der Waals surface area contributed by atoms with Crippen LogP contribution in [0.3, 0.4) is 0 Å². The smallest absolute Gasteiger partial charge is 0.450 e. The standard InChI is InChI=1S/C7H4F6O4/c8-6(9,10)4(16)2(1-3(14)15)5(17)7(11,12)13/h2H,1H2,(H,14,15). The third-order valence-electron chi connectivity index (χ3n) is 1.57. The first-order valence-corrected chi connectivity index (χ1v) is 3.81. The lowest BCUT2D eigenvalue weighted by Crippen LogP contribution is -2.42. The fourth-order valence-electron chi connectivity index (χ4n) is 0.874. The van der Waals surface area contributed by atoms with Crippen LogP contribution in [0.15, 0.2) is 0 Å². The van der Waals surface area contributed by atoms with Gasteiger partial charge in [0.2, 0.25) is 11.6 Å². The number of rotatable bonds is 4. The highest BCUT2D eigenvalue weighted by atomic mass is 19.4. The van der Waals surface area contributed by atoms with Gasteiger partial charge in [-0.15, -0.1) is 0 Å². The molecule has 4 nitrogen and oxygen atoms in total. The molecule has 0 saturated carbocycles. The third-order valence-corrected chi connectivity index (χ3v) is 1.57. The van der Waals surface area contributed by atoms with Gasteiger partial charge in [0.05, 0.1) is 6.42 Å². The molecule has 0 heterocycles. The largest absolute Gasteiger partial charge is 0.481 e. The average molecular weight is 266 g/mol. The van der Waals surface area contributed by atoms with E-state index in [-0.39, 0.29) is 0 Å². The fraction of sp³-hybridized carbons (Fsp3) is 0.571. The van der Waals surface area contributed by atoms with Crippen molar-refractivity contribution in [3.05, 3.63) is 0 Å². The van der Waals surface area contributed by atoms with Gasteiger partial charge < -0.3 is 5.11 Å². The topological polar surface area (TPSA) is 71.4 Å². The van der Waals surface area contributed by atoms with E-state index < -0.39 is 42.2 Å². The second-order valence-corrected chi connectivity index (χ2v) is 2.87. The monoisotopic (exact) mass is 266 g/mol. The summed E-state index contributed by atoms with van der Waals surface area (Å²) in [4.78, 5) is 31.0. The van der Waals surface area contributed by atoms with E-state index in [9.17, 15) is 40.7 Å². The predicted molar refractivity (Wildman–Crippen MR) is 37.9 cm³/mol. The lowest BCUT2D eigenvalue weighted by atomic mass is 9.94. The summed E-state index contributed by atoms with van der Waals surface area (Å²) in [5, 5.41) is 8.07. The number of halogens is 6. The van der Waals surface area contributed by atoms with Gasteiger partial charge in [0, 0.05) is 0 Å². The summed E-state index contributed by atoms with van der Waals surface area (Å²) in [6.45, 7) is 0. The number of carboxylic acids is 1. The molecule has 98 valence electrons. The Labute approximate surface area is 89.2 Å². The van der Waals surface area contributed by atoms with Crippen molar-refractivity contribution in [3.8, 4) is 0 Å². The zero-order valence-electron chi connectivity index (χ0n) is 7.72. The molecular weight excluding hydrogens is 262 g/mol. The van der Waals surface area contributed by atoms with Gasteiger partial charge in [-0.1, -0.05) is 0 Å². The van der Waals surface area contributed by atoms with Crippen LogP contribution in [0.1, 0.15) is 6.42 Å². The fourth-order valence-corrected chi connectivity index (χ4v) is 0.874. The zero-order chi connectivity index (χ0) is 14.0. The minimum Gasteiger partial charge on any atom is -0.481 e. The maximum atomic E-state index is 11.8. The average Bonchev–Trinajstić information content (AvgIpc) is 2.08. The first-order chi connectivity index (χ1) is 7.37. The van der Waals surface area contributed by atoms with Gasteiger partial charge in [-0.3, -0.25) is 14.4 Å². The van der Waals surface area contributed by atoms with E-state index in [2.05, 4.69) is 0 Å². The van der Waals surface area contributed by atoms with E-state index in [1.165, 1.54) is 0 Å². The van der Waals surface area contributed by atoms with E-state index in [0.29, 0.717) is 0 Å². The van der Waals surface area contributed by atoms with Crippen LogP contribution >= 0.6 is 0 Å². The maximum Gasteiger partial charge on any atom is 0.450 e. The van der Waals surface area contributed by atoms with Crippen LogP contribution in [-0.4, -0.2) is 35.0 Å². The summed E-state index contributed by atoms with van der Waals surface area (Å²) in [6, 6.07) is 0. The van der Waals surface area contributed by atoms with Gasteiger partial charge in [0.15, 0.2) is 0 Å². The Morgan fingerprint density at radius 1 is 0.882 bits per heavy atom. The number of Topliss-reactive ketones (excluding diaryl/α,β-unsaturated/α-hetero) is 2. The van der Waals surface area contributed by atoms with Crippen molar-refractivity contribution in [2.45, 2.75) is 18.8 Å².